The number of aromatic carboxylic acids is 1. The van der Waals surface area contributed by atoms with Gasteiger partial charge in [-0.05, 0) is 59.0 Å². The molecule has 0 saturated carbocycles. The lowest BCUT2D eigenvalue weighted by molar-refractivity contribution is 0.0697. The summed E-state index contributed by atoms with van der Waals surface area (Å²) in [5.74, 6) is -1.08. The quantitative estimate of drug-likeness (QED) is 0.134. The topological polar surface area (TPSA) is 183 Å². The van der Waals surface area contributed by atoms with Crippen LogP contribution in [-0.2, 0) is 16.7 Å². The number of nitrogen functional groups attached to an aromatic ring is 1. The van der Waals surface area contributed by atoms with Gasteiger partial charge in [0.1, 0.15) is 5.84 Å². The normalized spacial score (nSPS) is 10.8. The molecule has 0 fully saturated rings. The van der Waals surface area contributed by atoms with E-state index in [1.807, 2.05) is 50.2 Å². The van der Waals surface area contributed by atoms with Crippen LogP contribution in [-0.4, -0.2) is 48.6 Å². The summed E-state index contributed by atoms with van der Waals surface area (Å²) in [5.41, 5.74) is 9.62. The molecule has 0 aliphatic rings. The Labute approximate surface area is 222 Å². The Hall–Kier alpha value is -4.22. The number of benzene rings is 3. The molecule has 202 valence electrons. The number of amidine groups is 1. The molecule has 3 aromatic carbocycles. The summed E-state index contributed by atoms with van der Waals surface area (Å²) in [6.45, 7) is 4.97. The van der Waals surface area contributed by atoms with Crippen molar-refractivity contribution >= 4 is 33.5 Å². The molecule has 11 heteroatoms. The minimum absolute atomic E-state index is 0.00873. The zero-order chi connectivity index (χ0) is 28.5. The van der Waals surface area contributed by atoms with Gasteiger partial charge < -0.3 is 21.5 Å². The van der Waals surface area contributed by atoms with Crippen LogP contribution in [0.15, 0.2) is 66.7 Å². The number of carboxylic acid groups (broad SMARTS) is 1. The summed E-state index contributed by atoms with van der Waals surface area (Å²) >= 11 is 0. The largest absolute Gasteiger partial charge is 0.478 e. The Kier molecular flexibility index (Phi) is 10.5. The summed E-state index contributed by atoms with van der Waals surface area (Å²) in [6.07, 6.45) is 0.715. The van der Waals surface area contributed by atoms with Crippen LogP contribution in [0.25, 0.3) is 11.1 Å². The number of hydrogen-bond acceptors (Lipinski definition) is 6. The lowest BCUT2D eigenvalue weighted by Gasteiger charge is -2.15. The summed E-state index contributed by atoms with van der Waals surface area (Å²) in [6, 6.07) is 19.5. The van der Waals surface area contributed by atoms with E-state index >= 15 is 0 Å². The van der Waals surface area contributed by atoms with E-state index in [2.05, 4.69) is 10.6 Å². The molecule has 0 saturated heterocycles. The Morgan fingerprint density at radius 2 is 1.55 bits per heavy atom. The first kappa shape index (κ1) is 30.0. The zero-order valence-electron chi connectivity index (χ0n) is 21.4. The minimum atomic E-state index is -3.67. The van der Waals surface area contributed by atoms with Crippen molar-refractivity contribution in [2.45, 2.75) is 20.4 Å². The van der Waals surface area contributed by atoms with E-state index in [1.54, 1.807) is 24.3 Å². The SMILES string of the molecule is CC(C)CNC(=O)c1ccc(-c2ccccc2CNc2ccc(C(=N)N)cc2)c(C(=O)O)c1.CS(=O)(=O)O. The molecule has 3 aromatic rings. The van der Waals surface area contributed by atoms with Crippen LogP contribution in [0.3, 0.4) is 0 Å². The van der Waals surface area contributed by atoms with E-state index in [4.69, 9.17) is 15.7 Å². The smallest absolute Gasteiger partial charge is 0.336 e. The number of nitrogens with two attached hydrogens (primary N) is 1. The third kappa shape index (κ3) is 9.68. The molecule has 10 nitrogen and oxygen atoms in total. The Morgan fingerprint density at radius 3 is 2.11 bits per heavy atom. The van der Waals surface area contributed by atoms with Crippen molar-refractivity contribution in [1.29, 1.82) is 5.41 Å². The Morgan fingerprint density at radius 1 is 0.974 bits per heavy atom. The molecule has 0 spiro atoms. The standard InChI is InChI=1S/C26H28N4O3.CH4O3S/c1-16(2)14-30-25(31)18-9-12-22(23(13-18)26(32)33)21-6-4-3-5-19(21)15-29-20-10-7-17(8-11-20)24(27)28;1-5(2,3)4/h3-13,16,29H,14-15H2,1-2H3,(H3,27,28)(H,30,31)(H,32,33);1H3,(H,2,3,4). The predicted octanol–water partition coefficient (Wildman–Crippen LogP) is 3.84. The van der Waals surface area contributed by atoms with Crippen LogP contribution in [0.2, 0.25) is 0 Å². The highest BCUT2D eigenvalue weighted by Crippen LogP contribution is 2.29. The van der Waals surface area contributed by atoms with Gasteiger partial charge in [-0.3, -0.25) is 14.8 Å². The monoisotopic (exact) mass is 540 g/mol. The minimum Gasteiger partial charge on any atom is -0.478 e. The maximum Gasteiger partial charge on any atom is 0.336 e. The van der Waals surface area contributed by atoms with Crippen LogP contribution < -0.4 is 16.4 Å². The molecule has 3 rings (SSSR count). The highest BCUT2D eigenvalue weighted by atomic mass is 32.2. The van der Waals surface area contributed by atoms with Crippen molar-refractivity contribution in [3.63, 3.8) is 0 Å². The summed E-state index contributed by atoms with van der Waals surface area (Å²) in [5, 5.41) is 23.5. The van der Waals surface area contributed by atoms with Gasteiger partial charge in [-0.1, -0.05) is 44.2 Å². The van der Waals surface area contributed by atoms with Gasteiger partial charge in [-0.25, -0.2) is 4.79 Å². The predicted molar refractivity (Wildman–Crippen MR) is 148 cm³/mol. The Bertz CT molecular complexity index is 1400. The lowest BCUT2D eigenvalue weighted by Crippen LogP contribution is -2.27. The van der Waals surface area contributed by atoms with Gasteiger partial charge in [0.05, 0.1) is 11.8 Å². The number of anilines is 1. The van der Waals surface area contributed by atoms with Crippen LogP contribution in [0.1, 0.15) is 45.7 Å². The van der Waals surface area contributed by atoms with Gasteiger partial charge in [-0.2, -0.15) is 8.42 Å². The molecule has 0 atom stereocenters. The molecule has 7 N–H and O–H groups in total. The average molecular weight is 541 g/mol. The van der Waals surface area contributed by atoms with Crippen LogP contribution in [0, 0.1) is 11.3 Å². The molecule has 0 bridgehead atoms. The number of rotatable bonds is 9. The van der Waals surface area contributed by atoms with E-state index in [9.17, 15) is 23.1 Å². The van der Waals surface area contributed by atoms with E-state index in [0.717, 1.165) is 16.8 Å². The van der Waals surface area contributed by atoms with Crippen molar-refractivity contribution in [3.8, 4) is 11.1 Å². The average Bonchev–Trinajstić information content (AvgIpc) is 2.85. The summed E-state index contributed by atoms with van der Waals surface area (Å²) in [7, 11) is -3.67. The third-order valence-corrected chi connectivity index (χ3v) is 5.17. The van der Waals surface area contributed by atoms with E-state index in [-0.39, 0.29) is 17.3 Å². The maximum absolute atomic E-state index is 12.4. The highest BCUT2D eigenvalue weighted by molar-refractivity contribution is 7.85. The molecular formula is C27H32N4O6S. The first-order valence-corrected chi connectivity index (χ1v) is 13.5. The second-order valence-electron chi connectivity index (χ2n) is 8.90. The fraction of sp³-hybridized carbons (Fsp3) is 0.222. The molecule has 0 aliphatic carbocycles. The van der Waals surface area contributed by atoms with Gasteiger partial charge in [0.15, 0.2) is 0 Å². The number of hydrogen-bond donors (Lipinski definition) is 6. The van der Waals surface area contributed by atoms with Crippen LogP contribution >= 0.6 is 0 Å². The number of carboxylic acids is 1. The molecule has 0 aliphatic heterocycles. The van der Waals surface area contributed by atoms with Gasteiger partial charge in [0, 0.05) is 29.9 Å². The Balaban J connectivity index is 0.000000926. The fourth-order valence-corrected chi connectivity index (χ4v) is 3.40. The first-order chi connectivity index (χ1) is 17.8. The number of nitrogens with one attached hydrogen (secondary N) is 3. The molecular weight excluding hydrogens is 508 g/mol. The number of carbonyl (C=O) groups is 2. The zero-order valence-corrected chi connectivity index (χ0v) is 22.2. The van der Waals surface area contributed by atoms with Crippen LogP contribution in [0.4, 0.5) is 5.69 Å². The van der Waals surface area contributed by atoms with Crippen LogP contribution in [0.5, 0.6) is 0 Å². The van der Waals surface area contributed by atoms with Crippen molar-refractivity contribution in [2.75, 3.05) is 18.1 Å². The maximum atomic E-state index is 12.4. The van der Waals surface area contributed by atoms with Gasteiger partial charge in [-0.15, -0.1) is 0 Å². The summed E-state index contributed by atoms with van der Waals surface area (Å²) in [4.78, 5) is 24.5. The van der Waals surface area contributed by atoms with Gasteiger partial charge >= 0.3 is 5.97 Å². The number of amides is 1. The van der Waals surface area contributed by atoms with Crippen molar-refractivity contribution < 1.29 is 27.7 Å². The third-order valence-electron chi connectivity index (χ3n) is 5.17. The molecule has 0 unspecified atom stereocenters. The van der Waals surface area contributed by atoms with E-state index in [0.29, 0.717) is 42.0 Å². The van der Waals surface area contributed by atoms with E-state index < -0.39 is 16.1 Å². The molecule has 0 heterocycles. The van der Waals surface area contributed by atoms with Crippen molar-refractivity contribution in [3.05, 3.63) is 89.0 Å². The van der Waals surface area contributed by atoms with Crippen molar-refractivity contribution in [1.82, 2.24) is 5.32 Å². The molecule has 1 amide bonds. The second kappa shape index (κ2) is 13.4. The first-order valence-electron chi connectivity index (χ1n) is 11.6. The summed E-state index contributed by atoms with van der Waals surface area (Å²) < 4.78 is 25.9. The highest BCUT2D eigenvalue weighted by Gasteiger charge is 2.17. The lowest BCUT2D eigenvalue weighted by atomic mass is 9.93. The van der Waals surface area contributed by atoms with Gasteiger partial charge in [0.2, 0.25) is 0 Å². The van der Waals surface area contributed by atoms with E-state index in [1.165, 1.54) is 6.07 Å². The number of carbonyl (C=O) groups excluding carboxylic acids is 1. The molecule has 0 radical (unpaired) electrons. The van der Waals surface area contributed by atoms with Gasteiger partial charge in [0.25, 0.3) is 16.0 Å². The van der Waals surface area contributed by atoms with Crippen molar-refractivity contribution in [2.24, 2.45) is 11.7 Å². The fourth-order valence-electron chi connectivity index (χ4n) is 3.40. The molecule has 0 aromatic heterocycles. The second-order valence-corrected chi connectivity index (χ2v) is 10.4. The molecule has 38 heavy (non-hydrogen) atoms.